The third-order valence-corrected chi connectivity index (χ3v) is 6.82. The first-order chi connectivity index (χ1) is 16.7. The molecule has 1 unspecified atom stereocenters. The van der Waals surface area contributed by atoms with Crippen molar-refractivity contribution in [3.8, 4) is 11.3 Å². The average Bonchev–Trinajstić information content (AvgIpc) is 3.51. The van der Waals surface area contributed by atoms with Gasteiger partial charge in [0.15, 0.2) is 0 Å². The number of hydrogen-bond donors (Lipinski definition) is 1. The van der Waals surface area contributed by atoms with Gasteiger partial charge in [-0.15, -0.1) is 0 Å². The number of ether oxygens (including phenoxy) is 1. The van der Waals surface area contributed by atoms with Crippen LogP contribution in [0.1, 0.15) is 35.6 Å². The zero-order valence-corrected chi connectivity index (χ0v) is 19.5. The summed E-state index contributed by atoms with van der Waals surface area (Å²) in [6.07, 6.45) is 6.65. The largest absolute Gasteiger partial charge is 0.466 e. The number of nitrogens with one attached hydrogen (secondary N) is 1. The van der Waals surface area contributed by atoms with Crippen molar-refractivity contribution in [1.29, 1.82) is 0 Å². The number of benzene rings is 3. The van der Waals surface area contributed by atoms with E-state index in [1.54, 1.807) is 6.08 Å². The van der Waals surface area contributed by atoms with Crippen molar-refractivity contribution in [1.82, 2.24) is 9.88 Å². The number of aromatic amines is 1. The van der Waals surface area contributed by atoms with Crippen molar-refractivity contribution < 1.29 is 9.53 Å². The van der Waals surface area contributed by atoms with Crippen molar-refractivity contribution in [2.75, 3.05) is 20.2 Å². The second kappa shape index (κ2) is 10.1. The highest BCUT2D eigenvalue weighted by molar-refractivity contribution is 5.90. The number of likely N-dealkylation sites (tertiary alicyclic amines) is 1. The Hall–Kier alpha value is -3.63. The highest BCUT2D eigenvalue weighted by atomic mass is 16.5. The smallest absolute Gasteiger partial charge is 0.330 e. The number of para-hydroxylation sites is 1. The van der Waals surface area contributed by atoms with Gasteiger partial charge >= 0.3 is 5.97 Å². The maximum absolute atomic E-state index is 11.4. The van der Waals surface area contributed by atoms with Crippen LogP contribution in [0, 0.1) is 0 Å². The summed E-state index contributed by atoms with van der Waals surface area (Å²) in [4.78, 5) is 17.6. The van der Waals surface area contributed by atoms with E-state index in [-0.39, 0.29) is 5.97 Å². The van der Waals surface area contributed by atoms with Crippen molar-refractivity contribution >= 4 is 22.9 Å². The highest BCUT2D eigenvalue weighted by Crippen LogP contribution is 2.35. The van der Waals surface area contributed by atoms with E-state index in [9.17, 15) is 4.79 Å². The van der Waals surface area contributed by atoms with Crippen molar-refractivity contribution in [2.24, 2.45) is 0 Å². The Balaban J connectivity index is 1.34. The number of nitrogens with zero attached hydrogens (tertiary/aromatic N) is 1. The van der Waals surface area contributed by atoms with Gasteiger partial charge in [0.1, 0.15) is 0 Å². The molecule has 1 aromatic heterocycles. The number of carbonyl (C=O) groups excluding carboxylic acids is 1. The summed E-state index contributed by atoms with van der Waals surface area (Å²) in [5, 5.41) is 1.32. The molecule has 1 N–H and O–H groups in total. The first-order valence-electron chi connectivity index (χ1n) is 12.0. The molecule has 1 aliphatic heterocycles. The lowest BCUT2D eigenvalue weighted by molar-refractivity contribution is -0.134. The number of H-pyrrole nitrogens is 1. The maximum atomic E-state index is 11.4. The normalized spacial score (nSPS) is 16.4. The van der Waals surface area contributed by atoms with E-state index in [4.69, 9.17) is 0 Å². The summed E-state index contributed by atoms with van der Waals surface area (Å²) in [6.45, 7) is 2.15. The predicted octanol–water partition coefficient (Wildman–Crippen LogP) is 6.40. The Morgan fingerprint density at radius 1 is 1.03 bits per heavy atom. The number of fused-ring (bicyclic) bond motifs is 1. The zero-order valence-electron chi connectivity index (χ0n) is 19.5. The van der Waals surface area contributed by atoms with Crippen LogP contribution in [-0.2, 0) is 16.0 Å². The van der Waals surface area contributed by atoms with Gasteiger partial charge in [0.2, 0.25) is 0 Å². The Labute approximate surface area is 200 Å². The van der Waals surface area contributed by atoms with Gasteiger partial charge in [0, 0.05) is 35.3 Å². The third-order valence-electron chi connectivity index (χ3n) is 6.82. The minimum absolute atomic E-state index is 0.335. The molecule has 0 saturated carbocycles. The third kappa shape index (κ3) is 4.68. The molecule has 0 spiro atoms. The molecule has 0 bridgehead atoms. The Morgan fingerprint density at radius 2 is 1.79 bits per heavy atom. The van der Waals surface area contributed by atoms with Crippen molar-refractivity contribution in [2.45, 2.75) is 25.3 Å². The standard InChI is InChI=1S/C30H30N2O2/c1-34-29(33)18-15-22-13-16-23(17-14-22)28-12-7-20-32(28)21-19-26-25-10-5-6-11-27(25)31-30(26)24-8-3-2-4-9-24/h2-6,8-11,13-18,28,31H,7,12,19-21H2,1H3. The zero-order chi connectivity index (χ0) is 23.3. The van der Waals surface area contributed by atoms with Crippen LogP contribution in [0.15, 0.2) is 84.9 Å². The van der Waals surface area contributed by atoms with Gasteiger partial charge < -0.3 is 9.72 Å². The molecule has 0 radical (unpaired) electrons. The summed E-state index contributed by atoms with van der Waals surface area (Å²) in [5.74, 6) is -0.335. The molecular formula is C30H30N2O2. The number of esters is 1. The van der Waals surface area contributed by atoms with Crippen molar-refractivity contribution in [3.05, 3.63) is 102 Å². The lowest BCUT2D eigenvalue weighted by Gasteiger charge is -2.25. The van der Waals surface area contributed by atoms with Gasteiger partial charge in [-0.05, 0) is 60.2 Å². The fraction of sp³-hybridized carbons (Fsp3) is 0.233. The van der Waals surface area contributed by atoms with Crippen LogP contribution < -0.4 is 0 Å². The van der Waals surface area contributed by atoms with Crippen molar-refractivity contribution in [3.63, 3.8) is 0 Å². The molecule has 4 aromatic rings. The monoisotopic (exact) mass is 450 g/mol. The summed E-state index contributed by atoms with van der Waals surface area (Å²) < 4.78 is 4.68. The maximum Gasteiger partial charge on any atom is 0.330 e. The first-order valence-corrected chi connectivity index (χ1v) is 12.0. The van der Waals surface area contributed by atoms with E-state index in [1.807, 2.05) is 0 Å². The molecule has 0 aliphatic carbocycles. The van der Waals surface area contributed by atoms with E-state index in [1.165, 1.54) is 59.3 Å². The molecule has 1 atom stereocenters. The Morgan fingerprint density at radius 3 is 2.59 bits per heavy atom. The second-order valence-electron chi connectivity index (χ2n) is 8.86. The van der Waals surface area contributed by atoms with Crippen LogP contribution in [-0.4, -0.2) is 36.1 Å². The molecule has 4 heteroatoms. The van der Waals surface area contributed by atoms with Crippen LogP contribution >= 0.6 is 0 Å². The minimum Gasteiger partial charge on any atom is -0.466 e. The number of hydrogen-bond acceptors (Lipinski definition) is 3. The molecular weight excluding hydrogens is 420 g/mol. The molecule has 1 fully saturated rings. The SMILES string of the molecule is COC(=O)C=Cc1ccc(C2CCCN2CCc2c(-c3ccccc3)[nH]c3ccccc23)cc1. The summed E-state index contributed by atoms with van der Waals surface area (Å²) >= 11 is 0. The highest BCUT2D eigenvalue weighted by Gasteiger charge is 2.26. The summed E-state index contributed by atoms with van der Waals surface area (Å²) in [5.41, 5.74) is 7.42. The van der Waals surface area contributed by atoms with E-state index >= 15 is 0 Å². The van der Waals surface area contributed by atoms with Gasteiger partial charge in [-0.2, -0.15) is 0 Å². The molecule has 172 valence electrons. The van der Waals surface area contributed by atoms with Gasteiger partial charge in [0.25, 0.3) is 0 Å². The number of carbonyl (C=O) groups is 1. The molecule has 5 rings (SSSR count). The Bertz CT molecular complexity index is 1290. The van der Waals surface area contributed by atoms with Crippen LogP contribution in [0.4, 0.5) is 0 Å². The quantitative estimate of drug-likeness (QED) is 0.262. The van der Waals surface area contributed by atoms with Gasteiger partial charge in [0.05, 0.1) is 7.11 Å². The second-order valence-corrected chi connectivity index (χ2v) is 8.86. The predicted molar refractivity (Wildman–Crippen MR) is 138 cm³/mol. The number of aromatic nitrogens is 1. The topological polar surface area (TPSA) is 45.3 Å². The van der Waals surface area contributed by atoms with Crippen LogP contribution in [0.2, 0.25) is 0 Å². The number of methoxy groups -OCH3 is 1. The van der Waals surface area contributed by atoms with Crippen LogP contribution in [0.25, 0.3) is 28.2 Å². The number of rotatable bonds is 7. The van der Waals surface area contributed by atoms with Crippen LogP contribution in [0.5, 0.6) is 0 Å². The summed E-state index contributed by atoms with van der Waals surface area (Å²) in [6, 6.07) is 28.2. The fourth-order valence-electron chi connectivity index (χ4n) is 5.10. The van der Waals surface area contributed by atoms with Crippen LogP contribution in [0.3, 0.4) is 0 Å². The summed E-state index contributed by atoms with van der Waals surface area (Å²) in [7, 11) is 1.39. The average molecular weight is 451 g/mol. The molecule has 1 saturated heterocycles. The fourth-order valence-corrected chi connectivity index (χ4v) is 5.10. The molecule has 34 heavy (non-hydrogen) atoms. The van der Waals surface area contributed by atoms with Gasteiger partial charge in [-0.3, -0.25) is 4.90 Å². The van der Waals surface area contributed by atoms with Gasteiger partial charge in [-0.25, -0.2) is 4.79 Å². The Kier molecular flexibility index (Phi) is 6.59. The first kappa shape index (κ1) is 22.2. The lowest BCUT2D eigenvalue weighted by Crippen LogP contribution is -2.25. The van der Waals surface area contributed by atoms with E-state index in [0.29, 0.717) is 6.04 Å². The lowest BCUT2D eigenvalue weighted by atomic mass is 10.0. The van der Waals surface area contributed by atoms with E-state index < -0.39 is 0 Å². The molecule has 0 amide bonds. The van der Waals surface area contributed by atoms with E-state index in [2.05, 4.69) is 93.5 Å². The van der Waals surface area contributed by atoms with E-state index in [0.717, 1.165) is 25.1 Å². The molecule has 4 nitrogen and oxygen atoms in total. The van der Waals surface area contributed by atoms with Gasteiger partial charge in [-0.1, -0.05) is 72.8 Å². The minimum atomic E-state index is -0.335. The molecule has 2 heterocycles. The molecule has 1 aliphatic rings. The molecule has 3 aromatic carbocycles.